The molecule has 0 bridgehead atoms. The van der Waals surface area contributed by atoms with E-state index in [0.717, 1.165) is 19.3 Å². The number of carbonyl (C=O) groups is 3. The van der Waals surface area contributed by atoms with Gasteiger partial charge in [0.15, 0.2) is 6.29 Å². The molecule has 1 aliphatic heterocycles. The minimum Gasteiger partial charge on any atom is -0.466 e. The highest BCUT2D eigenvalue weighted by atomic mass is 31.2. The average Bonchev–Trinajstić information content (AvgIpc) is 3.23. The van der Waals surface area contributed by atoms with Crippen molar-refractivity contribution in [3.8, 4) is 0 Å². The van der Waals surface area contributed by atoms with Gasteiger partial charge in [-0.15, -0.1) is 0 Å². The van der Waals surface area contributed by atoms with Crippen LogP contribution in [0.5, 0.6) is 0 Å². The van der Waals surface area contributed by atoms with Crippen molar-refractivity contribution in [2.24, 2.45) is 0 Å². The molecule has 2 amide bonds. The van der Waals surface area contributed by atoms with Crippen molar-refractivity contribution in [2.45, 2.75) is 147 Å². The number of hydrogen-bond donors (Lipinski definition) is 7. The fourth-order valence-corrected chi connectivity index (χ4v) is 6.79. The van der Waals surface area contributed by atoms with Gasteiger partial charge in [-0.3, -0.25) is 18.6 Å². The van der Waals surface area contributed by atoms with Crippen LogP contribution >= 0.6 is 7.82 Å². The topological polar surface area (TPSA) is 277 Å². The van der Waals surface area contributed by atoms with Crippen LogP contribution in [-0.4, -0.2) is 166 Å². The van der Waals surface area contributed by atoms with E-state index >= 15 is 0 Å². The van der Waals surface area contributed by atoms with E-state index in [1.807, 2.05) is 0 Å². The molecule has 6 atom stereocenters. The number of alkyl carbamates (subject to hydrolysis) is 1. The van der Waals surface area contributed by atoms with Crippen LogP contribution in [0.2, 0.25) is 0 Å². The zero-order valence-corrected chi connectivity index (χ0v) is 37.2. The van der Waals surface area contributed by atoms with E-state index in [9.17, 15) is 39.2 Å². The molecule has 7 N–H and O–H groups in total. The summed E-state index contributed by atoms with van der Waals surface area (Å²) in [5, 5.41) is 43.6. The smallest absolute Gasteiger partial charge is 0.466 e. The number of rotatable bonds is 41. The zero-order chi connectivity index (χ0) is 44.8. The number of aliphatic hydroxyl groups excluding tert-OH is 4. The number of phosphoric acid groups is 1. The van der Waals surface area contributed by atoms with Crippen LogP contribution in [0.3, 0.4) is 0 Å². The normalized spacial score (nSPS) is 19.9. The summed E-state index contributed by atoms with van der Waals surface area (Å²) in [7, 11) is -4.35. The highest BCUT2D eigenvalue weighted by molar-refractivity contribution is 7.47. The van der Waals surface area contributed by atoms with Gasteiger partial charge in [-0.1, -0.05) is 96.8 Å². The van der Waals surface area contributed by atoms with Gasteiger partial charge in [0, 0.05) is 19.4 Å². The molecule has 21 heteroatoms. The van der Waals surface area contributed by atoms with Crippen LogP contribution in [0.15, 0.2) is 0 Å². The van der Waals surface area contributed by atoms with Crippen molar-refractivity contribution in [3.05, 3.63) is 0 Å². The minimum atomic E-state index is -4.35. The Morgan fingerprint density at radius 1 is 0.607 bits per heavy atom. The summed E-state index contributed by atoms with van der Waals surface area (Å²) in [6.45, 7) is 2.09. The molecule has 0 spiro atoms. The van der Waals surface area contributed by atoms with Gasteiger partial charge in [0.1, 0.15) is 37.6 Å². The predicted molar refractivity (Wildman–Crippen MR) is 221 cm³/mol. The minimum absolute atomic E-state index is 0.0405. The third-order valence-corrected chi connectivity index (χ3v) is 10.5. The summed E-state index contributed by atoms with van der Waals surface area (Å²) in [5.74, 6) is -0.951. The Morgan fingerprint density at radius 3 is 1.67 bits per heavy atom. The molecule has 6 unspecified atom stereocenters. The van der Waals surface area contributed by atoms with Crippen molar-refractivity contribution in [3.63, 3.8) is 0 Å². The van der Waals surface area contributed by atoms with E-state index in [2.05, 4.69) is 17.6 Å². The second-order valence-electron chi connectivity index (χ2n) is 14.7. The Kier molecular flexibility index (Phi) is 35.9. The molecule has 0 radical (unpaired) electrons. The number of unbranched alkanes of at least 4 members (excludes halogenated alkanes) is 14. The van der Waals surface area contributed by atoms with Crippen molar-refractivity contribution < 1.29 is 86.5 Å². The number of amides is 2. The maximum Gasteiger partial charge on any atom is 0.472 e. The summed E-state index contributed by atoms with van der Waals surface area (Å²) >= 11 is 0. The lowest BCUT2D eigenvalue weighted by atomic mass is 9.97. The fraction of sp³-hybridized carbons (Fsp3) is 0.925. The Bertz CT molecular complexity index is 1140. The van der Waals surface area contributed by atoms with Gasteiger partial charge >= 0.3 is 19.9 Å². The molecule has 360 valence electrons. The highest BCUT2D eigenvalue weighted by Gasteiger charge is 2.44. The van der Waals surface area contributed by atoms with Crippen molar-refractivity contribution >= 4 is 25.8 Å². The van der Waals surface area contributed by atoms with Gasteiger partial charge in [-0.05, 0) is 6.42 Å². The number of hydrogen-bond acceptors (Lipinski definition) is 17. The number of esters is 1. The quantitative estimate of drug-likeness (QED) is 0.0264. The van der Waals surface area contributed by atoms with E-state index < -0.39 is 63.7 Å². The van der Waals surface area contributed by atoms with Crippen molar-refractivity contribution in [1.82, 2.24) is 10.6 Å². The third kappa shape index (κ3) is 32.3. The first-order valence-corrected chi connectivity index (χ1v) is 23.6. The second kappa shape index (κ2) is 38.4. The van der Waals surface area contributed by atoms with E-state index in [1.54, 1.807) is 0 Å². The maximum absolute atomic E-state index is 12.0. The first-order valence-electron chi connectivity index (χ1n) is 22.1. The van der Waals surface area contributed by atoms with Crippen LogP contribution < -0.4 is 10.6 Å². The van der Waals surface area contributed by atoms with Gasteiger partial charge in [-0.25, -0.2) is 9.36 Å². The highest BCUT2D eigenvalue weighted by Crippen LogP contribution is 2.42. The largest absolute Gasteiger partial charge is 0.472 e. The van der Waals surface area contributed by atoms with Gasteiger partial charge in [0.25, 0.3) is 0 Å². The summed E-state index contributed by atoms with van der Waals surface area (Å²) in [6.07, 6.45) is 12.8. The molecule has 0 aromatic carbocycles. The first-order chi connectivity index (χ1) is 29.5. The SMILES string of the molecule is CCCCCCCCCCCCCCCCCC(=O)OCCCOP(=O)(O)OCCNC(=O)OCCOCCOCCOCCOCC(=O)NC1C(O)OC(CO)C(O)C1O. The van der Waals surface area contributed by atoms with Gasteiger partial charge < -0.3 is 69.1 Å². The molecule has 1 heterocycles. The van der Waals surface area contributed by atoms with Crippen LogP contribution in [0.4, 0.5) is 4.79 Å². The number of nitrogens with one attached hydrogen (secondary N) is 2. The van der Waals surface area contributed by atoms with Crippen LogP contribution in [-0.2, 0) is 56.4 Å². The van der Waals surface area contributed by atoms with E-state index in [1.165, 1.54) is 77.0 Å². The lowest BCUT2D eigenvalue weighted by Crippen LogP contribution is -2.64. The molecule has 0 aromatic heterocycles. The Morgan fingerprint density at radius 2 is 1.11 bits per heavy atom. The fourth-order valence-electron chi connectivity index (χ4n) is 6.04. The Balaban J connectivity index is 1.85. The molecule has 0 aliphatic carbocycles. The van der Waals surface area contributed by atoms with Crippen LogP contribution in [0.1, 0.15) is 116 Å². The standard InChI is InChI=1S/C40H77N2O18P/c1-2-3-4-5-6-7-8-9-10-11-12-13-14-15-16-18-35(45)56-20-17-21-58-61(50,51)59-22-19-41-40(49)57-30-29-54-26-25-52-23-24-53-27-28-55-32-34(44)42-36-38(47)37(46)33(31-43)60-39(36)48/h33,36-39,43,46-48H,2-32H2,1H3,(H,41,49)(H,42,44)(H,50,51). The Labute approximate surface area is 361 Å². The number of phosphoric ester groups is 1. The van der Waals surface area contributed by atoms with E-state index in [-0.39, 0.29) is 91.6 Å². The summed E-state index contributed by atoms with van der Waals surface area (Å²) in [6, 6.07) is -1.30. The number of carbonyl (C=O) groups excluding carboxylic acids is 3. The third-order valence-electron chi connectivity index (χ3n) is 9.45. The van der Waals surface area contributed by atoms with Crippen molar-refractivity contribution in [1.29, 1.82) is 0 Å². The monoisotopic (exact) mass is 904 g/mol. The molecule has 20 nitrogen and oxygen atoms in total. The molecule has 61 heavy (non-hydrogen) atoms. The first kappa shape index (κ1) is 57.0. The number of aliphatic hydroxyl groups is 4. The molecule has 0 aromatic rings. The lowest BCUT2D eigenvalue weighted by Gasteiger charge is -2.40. The molecule has 1 saturated heterocycles. The summed E-state index contributed by atoms with van der Waals surface area (Å²) in [4.78, 5) is 45.5. The van der Waals surface area contributed by atoms with E-state index in [0.29, 0.717) is 6.42 Å². The number of ether oxygens (including phenoxy) is 7. The van der Waals surface area contributed by atoms with Gasteiger partial charge in [0.2, 0.25) is 5.91 Å². The van der Waals surface area contributed by atoms with E-state index in [4.69, 9.17) is 47.3 Å². The second-order valence-corrected chi connectivity index (χ2v) is 16.1. The lowest BCUT2D eigenvalue weighted by molar-refractivity contribution is -0.254. The summed E-state index contributed by atoms with van der Waals surface area (Å²) in [5.41, 5.74) is 0. The molecular weight excluding hydrogens is 827 g/mol. The molecular formula is C40H77N2O18P. The van der Waals surface area contributed by atoms with Gasteiger partial charge in [-0.2, -0.15) is 0 Å². The summed E-state index contributed by atoms with van der Waals surface area (Å²) < 4.78 is 58.0. The molecule has 1 fully saturated rings. The van der Waals surface area contributed by atoms with Gasteiger partial charge in [0.05, 0.1) is 72.7 Å². The zero-order valence-electron chi connectivity index (χ0n) is 36.3. The van der Waals surface area contributed by atoms with Crippen LogP contribution in [0.25, 0.3) is 0 Å². The molecule has 0 saturated carbocycles. The predicted octanol–water partition coefficient (Wildman–Crippen LogP) is 3.02. The average molecular weight is 905 g/mol. The molecule has 1 aliphatic rings. The molecule has 1 rings (SSSR count). The maximum atomic E-state index is 12.0. The Hall–Kier alpha value is -2.04. The van der Waals surface area contributed by atoms with Crippen LogP contribution in [0, 0.1) is 0 Å². The van der Waals surface area contributed by atoms with Crippen molar-refractivity contribution in [2.75, 3.05) is 92.4 Å².